The van der Waals surface area contributed by atoms with Crippen LogP contribution in [0.15, 0.2) is 42.5 Å². The lowest BCUT2D eigenvalue weighted by Crippen LogP contribution is -2.42. The van der Waals surface area contributed by atoms with E-state index in [0.717, 1.165) is 42.2 Å². The molecule has 0 heterocycles. The molecule has 2 N–H and O–H groups in total. The highest BCUT2D eigenvalue weighted by atomic mass is 32.2. The summed E-state index contributed by atoms with van der Waals surface area (Å²) in [4.78, 5) is 25.3. The molecule has 1 amide bonds. The Morgan fingerprint density at radius 1 is 1.02 bits per heavy atom. The van der Waals surface area contributed by atoms with Crippen molar-refractivity contribution in [2.24, 2.45) is 5.92 Å². The van der Waals surface area contributed by atoms with Crippen molar-refractivity contribution in [3.8, 4) is 11.1 Å². The number of carbonyl (C=O) groups is 2. The first-order valence-corrected chi connectivity index (χ1v) is 19.1. The number of amides is 1. The van der Waals surface area contributed by atoms with Gasteiger partial charge in [0.1, 0.15) is 15.9 Å². The molecule has 1 aliphatic carbocycles. The number of aliphatic carboxylic acids is 1. The van der Waals surface area contributed by atoms with Crippen molar-refractivity contribution in [1.82, 2.24) is 9.62 Å². The Morgan fingerprint density at radius 2 is 1.70 bits per heavy atom. The van der Waals surface area contributed by atoms with Crippen LogP contribution in [0.3, 0.4) is 0 Å². The summed E-state index contributed by atoms with van der Waals surface area (Å²) < 4.78 is 55.8. The lowest BCUT2D eigenvalue weighted by Gasteiger charge is -2.30. The molecule has 1 fully saturated rings. The van der Waals surface area contributed by atoms with Crippen LogP contribution in [0.1, 0.15) is 73.4 Å². The lowest BCUT2D eigenvalue weighted by molar-refractivity contribution is -0.139. The van der Waals surface area contributed by atoms with Crippen molar-refractivity contribution in [1.29, 1.82) is 0 Å². The van der Waals surface area contributed by atoms with Crippen LogP contribution in [-0.4, -0.2) is 81.6 Å². The summed E-state index contributed by atoms with van der Waals surface area (Å²) in [6, 6.07) is 11.4. The molecular weight excluding hydrogens is 604 g/mol. The van der Waals surface area contributed by atoms with Gasteiger partial charge < -0.3 is 15.2 Å². The number of carbonyl (C=O) groups excluding carboxylic acids is 1. The summed E-state index contributed by atoms with van der Waals surface area (Å²) >= 11 is 0. The van der Waals surface area contributed by atoms with Crippen LogP contribution in [-0.2, 0) is 36.0 Å². The molecule has 2 aromatic rings. The van der Waals surface area contributed by atoms with Gasteiger partial charge in [-0.05, 0) is 60.1 Å². The summed E-state index contributed by atoms with van der Waals surface area (Å²) in [6.07, 6.45) is 8.21. The van der Waals surface area contributed by atoms with E-state index in [1.807, 2.05) is 44.2 Å². The third-order valence-electron chi connectivity index (χ3n) is 8.18. The Morgan fingerprint density at radius 3 is 2.30 bits per heavy atom. The van der Waals surface area contributed by atoms with E-state index < -0.39 is 37.8 Å². The maximum atomic E-state index is 13.4. The van der Waals surface area contributed by atoms with Gasteiger partial charge in [-0.3, -0.25) is 4.79 Å². The van der Waals surface area contributed by atoms with E-state index in [9.17, 15) is 31.5 Å². The third-order valence-corrected chi connectivity index (χ3v) is 10.5. The standard InChI is InChI=1S/C32H46N2O8S2/c1-5-34(44(4,40)41)21-26(19-24-12-7-6-8-13-24)42-22-25-15-16-28(29(20-25)27-14-10-9-11-23(27)2)31(35)33-30(32(36)37)17-18-43(3,38)39/h9-11,14-16,20,24,26,30H,5-8,12-13,17-19,21-22H2,1-4H3,(H,33,35)(H,36,37). The fourth-order valence-corrected chi connectivity index (χ4v) is 7.30. The number of carboxylic acids is 1. The Bertz CT molecular complexity index is 1500. The van der Waals surface area contributed by atoms with E-state index in [1.54, 1.807) is 12.1 Å². The molecule has 0 radical (unpaired) electrons. The van der Waals surface area contributed by atoms with Gasteiger partial charge in [0, 0.05) is 24.9 Å². The molecule has 2 atom stereocenters. The highest BCUT2D eigenvalue weighted by Gasteiger charge is 2.26. The Kier molecular flexibility index (Phi) is 12.9. The second-order valence-electron chi connectivity index (χ2n) is 11.9. The number of hydrogen-bond donors (Lipinski definition) is 2. The second kappa shape index (κ2) is 16.0. The molecule has 2 aromatic carbocycles. The number of aryl methyl sites for hydroxylation is 1. The summed E-state index contributed by atoms with van der Waals surface area (Å²) in [5.74, 6) is -1.84. The van der Waals surface area contributed by atoms with Gasteiger partial charge >= 0.3 is 5.97 Å². The number of rotatable bonds is 16. The van der Waals surface area contributed by atoms with Gasteiger partial charge in [0.15, 0.2) is 0 Å². The molecule has 0 aliphatic heterocycles. The van der Waals surface area contributed by atoms with Crippen LogP contribution in [0, 0.1) is 12.8 Å². The average molecular weight is 651 g/mol. The van der Waals surface area contributed by atoms with Crippen LogP contribution in [0.4, 0.5) is 0 Å². The number of nitrogens with zero attached hydrogens (tertiary/aromatic N) is 1. The molecular formula is C32H46N2O8S2. The highest BCUT2D eigenvalue weighted by Crippen LogP contribution is 2.31. The van der Waals surface area contributed by atoms with E-state index >= 15 is 0 Å². The molecule has 1 aliphatic rings. The van der Waals surface area contributed by atoms with Gasteiger partial charge in [0.05, 0.1) is 24.7 Å². The van der Waals surface area contributed by atoms with Crippen LogP contribution >= 0.6 is 0 Å². The van der Waals surface area contributed by atoms with Crippen molar-refractivity contribution in [3.05, 3.63) is 59.2 Å². The van der Waals surface area contributed by atoms with Gasteiger partial charge in [-0.1, -0.05) is 69.4 Å². The smallest absolute Gasteiger partial charge is 0.326 e. The molecule has 2 unspecified atom stereocenters. The number of sulfonamides is 1. The van der Waals surface area contributed by atoms with E-state index in [0.29, 0.717) is 18.0 Å². The fraction of sp³-hybridized carbons (Fsp3) is 0.562. The normalized spacial score (nSPS) is 16.0. The van der Waals surface area contributed by atoms with Crippen molar-refractivity contribution >= 4 is 31.7 Å². The largest absolute Gasteiger partial charge is 0.480 e. The number of carboxylic acid groups (broad SMARTS) is 1. The van der Waals surface area contributed by atoms with Crippen LogP contribution in [0.5, 0.6) is 0 Å². The summed E-state index contributed by atoms with van der Waals surface area (Å²) in [6.45, 7) is 4.54. The maximum absolute atomic E-state index is 13.4. The summed E-state index contributed by atoms with van der Waals surface area (Å²) in [7, 11) is -6.81. The first-order valence-electron chi connectivity index (χ1n) is 15.1. The number of hydrogen-bond acceptors (Lipinski definition) is 7. The highest BCUT2D eigenvalue weighted by molar-refractivity contribution is 7.90. The van der Waals surface area contributed by atoms with Crippen molar-refractivity contribution < 1.29 is 36.3 Å². The van der Waals surface area contributed by atoms with Gasteiger partial charge in [-0.25, -0.2) is 21.6 Å². The lowest BCUT2D eigenvalue weighted by atomic mass is 9.85. The third kappa shape index (κ3) is 11.0. The SMILES string of the molecule is CCN(CC(CC1CCCCC1)OCc1ccc(C(=O)NC(CCS(C)(=O)=O)C(=O)O)c(-c2ccccc2C)c1)S(C)(=O)=O. The average Bonchev–Trinajstić information content (AvgIpc) is 2.95. The topological polar surface area (TPSA) is 147 Å². The Labute approximate surface area is 262 Å². The van der Waals surface area contributed by atoms with Crippen LogP contribution < -0.4 is 5.32 Å². The monoisotopic (exact) mass is 650 g/mol. The summed E-state index contributed by atoms with van der Waals surface area (Å²) in [5, 5.41) is 12.1. The minimum Gasteiger partial charge on any atom is -0.480 e. The molecule has 244 valence electrons. The van der Waals surface area contributed by atoms with Crippen LogP contribution in [0.25, 0.3) is 11.1 Å². The zero-order valence-electron chi connectivity index (χ0n) is 26.1. The molecule has 12 heteroatoms. The van der Waals surface area contributed by atoms with E-state index in [4.69, 9.17) is 4.74 Å². The van der Waals surface area contributed by atoms with Crippen molar-refractivity contribution in [2.45, 2.75) is 77.5 Å². The van der Waals surface area contributed by atoms with E-state index in [-0.39, 0.29) is 37.0 Å². The Hall–Kier alpha value is -2.80. The van der Waals surface area contributed by atoms with Gasteiger partial charge in [0.2, 0.25) is 10.0 Å². The van der Waals surface area contributed by atoms with Crippen molar-refractivity contribution in [2.75, 3.05) is 31.4 Å². The van der Waals surface area contributed by atoms with Crippen LogP contribution in [0.2, 0.25) is 0 Å². The molecule has 3 rings (SSSR count). The maximum Gasteiger partial charge on any atom is 0.326 e. The second-order valence-corrected chi connectivity index (χ2v) is 16.1. The summed E-state index contributed by atoms with van der Waals surface area (Å²) in [5.41, 5.74) is 3.32. The number of ether oxygens (including phenoxy) is 1. The quantitative estimate of drug-likeness (QED) is 0.272. The molecule has 0 bridgehead atoms. The molecule has 0 spiro atoms. The number of nitrogens with one attached hydrogen (secondary N) is 1. The first kappa shape index (κ1) is 35.7. The molecule has 10 nitrogen and oxygen atoms in total. The number of likely N-dealkylation sites (N-methyl/N-ethyl adjacent to an activating group) is 1. The predicted octanol–water partition coefficient (Wildman–Crippen LogP) is 4.42. The first-order chi connectivity index (χ1) is 20.7. The molecule has 1 saturated carbocycles. The van der Waals surface area contributed by atoms with Crippen molar-refractivity contribution in [3.63, 3.8) is 0 Å². The predicted molar refractivity (Wildman–Crippen MR) is 172 cm³/mol. The molecule has 0 aromatic heterocycles. The minimum atomic E-state index is -3.42. The van der Waals surface area contributed by atoms with E-state index in [1.165, 1.54) is 29.8 Å². The minimum absolute atomic E-state index is 0.200. The zero-order chi connectivity index (χ0) is 32.5. The van der Waals surface area contributed by atoms with Gasteiger partial charge in [-0.2, -0.15) is 4.31 Å². The zero-order valence-corrected chi connectivity index (χ0v) is 27.8. The Balaban J connectivity index is 1.89. The van der Waals surface area contributed by atoms with Gasteiger partial charge in [-0.15, -0.1) is 0 Å². The van der Waals surface area contributed by atoms with E-state index in [2.05, 4.69) is 5.32 Å². The number of sulfone groups is 1. The van der Waals surface area contributed by atoms with Gasteiger partial charge in [0.25, 0.3) is 5.91 Å². The number of benzene rings is 2. The fourth-order valence-electron chi connectivity index (χ4n) is 5.73. The molecule has 44 heavy (non-hydrogen) atoms. The molecule has 0 saturated heterocycles.